The van der Waals surface area contributed by atoms with Crippen LogP contribution in [0.4, 0.5) is 0 Å². The summed E-state index contributed by atoms with van der Waals surface area (Å²) in [6.07, 6.45) is 2.44. The minimum Gasteiger partial charge on any atom is -0.327 e. The molecule has 0 aliphatic carbocycles. The highest BCUT2D eigenvalue weighted by Gasteiger charge is 2.23. The van der Waals surface area contributed by atoms with Crippen molar-refractivity contribution >= 4 is 0 Å². The van der Waals surface area contributed by atoms with Crippen LogP contribution in [0.15, 0.2) is 24.3 Å². The number of hydrogen-bond acceptors (Lipinski definition) is 2. The van der Waals surface area contributed by atoms with E-state index in [0.29, 0.717) is 6.04 Å². The third-order valence-corrected chi connectivity index (χ3v) is 3.71. The number of nitrogens with zero attached hydrogens (tertiary/aromatic N) is 1. The first kappa shape index (κ1) is 12.6. The molecule has 1 aliphatic rings. The van der Waals surface area contributed by atoms with E-state index in [1.54, 1.807) is 0 Å². The summed E-state index contributed by atoms with van der Waals surface area (Å²) in [5.41, 5.74) is 8.89. The molecule has 2 rings (SSSR count). The Labute approximate surface area is 105 Å². The number of nitrogens with two attached hydrogens (primary N) is 1. The fourth-order valence-corrected chi connectivity index (χ4v) is 2.84. The van der Waals surface area contributed by atoms with Gasteiger partial charge in [-0.15, -0.1) is 0 Å². The van der Waals surface area contributed by atoms with Gasteiger partial charge in [-0.25, -0.2) is 0 Å². The topological polar surface area (TPSA) is 29.3 Å². The van der Waals surface area contributed by atoms with E-state index in [0.717, 1.165) is 19.0 Å². The van der Waals surface area contributed by atoms with Gasteiger partial charge < -0.3 is 5.73 Å². The van der Waals surface area contributed by atoms with Gasteiger partial charge in [-0.2, -0.15) is 0 Å². The molecule has 2 N–H and O–H groups in total. The average molecular weight is 232 g/mol. The molecular formula is C15H24N2. The van der Waals surface area contributed by atoms with Gasteiger partial charge in [-0.05, 0) is 24.8 Å². The molecule has 1 aliphatic heterocycles. The molecule has 0 aromatic heterocycles. The Morgan fingerprint density at radius 3 is 2.88 bits per heavy atom. The highest BCUT2D eigenvalue weighted by Crippen LogP contribution is 2.20. The summed E-state index contributed by atoms with van der Waals surface area (Å²) in [5.74, 6) is 0.781. The van der Waals surface area contributed by atoms with Gasteiger partial charge in [0.2, 0.25) is 0 Å². The normalized spacial score (nSPS) is 26.1. The van der Waals surface area contributed by atoms with E-state index in [2.05, 4.69) is 43.0 Å². The van der Waals surface area contributed by atoms with Gasteiger partial charge in [-0.1, -0.05) is 43.2 Å². The maximum absolute atomic E-state index is 6.13. The Morgan fingerprint density at radius 1 is 1.35 bits per heavy atom. The average Bonchev–Trinajstić information content (AvgIpc) is 2.28. The maximum atomic E-state index is 6.13. The first-order valence-electron chi connectivity index (χ1n) is 6.71. The van der Waals surface area contributed by atoms with Crippen LogP contribution >= 0.6 is 0 Å². The second kappa shape index (κ2) is 5.65. The first-order chi connectivity index (χ1) is 8.17. The van der Waals surface area contributed by atoms with Crippen molar-refractivity contribution in [2.45, 2.75) is 39.3 Å². The fourth-order valence-electron chi connectivity index (χ4n) is 2.84. The number of likely N-dealkylation sites (tertiary alicyclic amines) is 1. The number of benzene rings is 1. The van der Waals surface area contributed by atoms with Crippen molar-refractivity contribution < 1.29 is 0 Å². The monoisotopic (exact) mass is 232 g/mol. The van der Waals surface area contributed by atoms with Gasteiger partial charge in [-0.3, -0.25) is 4.90 Å². The molecule has 1 heterocycles. The van der Waals surface area contributed by atoms with E-state index in [1.165, 1.54) is 30.5 Å². The lowest BCUT2D eigenvalue weighted by atomic mass is 9.92. The van der Waals surface area contributed by atoms with Crippen LogP contribution in [0.25, 0.3) is 0 Å². The van der Waals surface area contributed by atoms with Crippen molar-refractivity contribution in [2.75, 3.05) is 13.1 Å². The summed E-state index contributed by atoms with van der Waals surface area (Å²) in [7, 11) is 0. The third-order valence-electron chi connectivity index (χ3n) is 3.71. The molecule has 1 aromatic carbocycles. The van der Waals surface area contributed by atoms with Gasteiger partial charge in [0.15, 0.2) is 0 Å². The van der Waals surface area contributed by atoms with E-state index in [-0.39, 0.29) is 0 Å². The molecule has 0 radical (unpaired) electrons. The standard InChI is InChI=1S/C15H24N2/c1-3-13-8-15(16)11-17(9-13)10-14-6-4-5-12(2)7-14/h4-7,13,15H,3,8-11,16H2,1-2H3. The van der Waals surface area contributed by atoms with Crippen LogP contribution in [0.1, 0.15) is 30.9 Å². The molecule has 2 heteroatoms. The van der Waals surface area contributed by atoms with Crippen LogP contribution in [0.3, 0.4) is 0 Å². The minimum absolute atomic E-state index is 0.360. The van der Waals surface area contributed by atoms with Crippen LogP contribution < -0.4 is 5.73 Å². The Kier molecular flexibility index (Phi) is 4.19. The van der Waals surface area contributed by atoms with Crippen molar-refractivity contribution in [3.8, 4) is 0 Å². The second-order valence-corrected chi connectivity index (χ2v) is 5.45. The zero-order chi connectivity index (χ0) is 12.3. The maximum Gasteiger partial charge on any atom is 0.0234 e. The molecule has 17 heavy (non-hydrogen) atoms. The summed E-state index contributed by atoms with van der Waals surface area (Å²) >= 11 is 0. The molecule has 2 unspecified atom stereocenters. The van der Waals surface area contributed by atoms with Crippen LogP contribution in [0, 0.1) is 12.8 Å². The van der Waals surface area contributed by atoms with Gasteiger partial charge >= 0.3 is 0 Å². The molecule has 0 bridgehead atoms. The van der Waals surface area contributed by atoms with Crippen molar-refractivity contribution in [2.24, 2.45) is 11.7 Å². The lowest BCUT2D eigenvalue weighted by Gasteiger charge is -2.36. The Hall–Kier alpha value is -0.860. The molecule has 1 aromatic rings. The van der Waals surface area contributed by atoms with Crippen LogP contribution in [-0.2, 0) is 6.54 Å². The molecule has 0 amide bonds. The Balaban J connectivity index is 1.98. The van der Waals surface area contributed by atoms with E-state index in [1.807, 2.05) is 0 Å². The molecule has 0 saturated carbocycles. The summed E-state index contributed by atoms with van der Waals surface area (Å²) in [6, 6.07) is 9.15. The van der Waals surface area contributed by atoms with Crippen LogP contribution in [0.2, 0.25) is 0 Å². The predicted molar refractivity (Wildman–Crippen MR) is 72.8 cm³/mol. The predicted octanol–water partition coefficient (Wildman–Crippen LogP) is 2.55. The molecule has 2 nitrogen and oxygen atoms in total. The van der Waals surface area contributed by atoms with Crippen LogP contribution in [0.5, 0.6) is 0 Å². The Bertz CT molecular complexity index is 362. The molecular weight excluding hydrogens is 208 g/mol. The third kappa shape index (κ3) is 3.55. The zero-order valence-corrected chi connectivity index (χ0v) is 11.0. The minimum atomic E-state index is 0.360. The van der Waals surface area contributed by atoms with Crippen molar-refractivity contribution in [1.29, 1.82) is 0 Å². The van der Waals surface area contributed by atoms with E-state index in [9.17, 15) is 0 Å². The largest absolute Gasteiger partial charge is 0.327 e. The van der Waals surface area contributed by atoms with Gasteiger partial charge in [0.05, 0.1) is 0 Å². The smallest absolute Gasteiger partial charge is 0.0234 e. The molecule has 0 spiro atoms. The first-order valence-corrected chi connectivity index (χ1v) is 6.71. The molecule has 1 saturated heterocycles. The fraction of sp³-hybridized carbons (Fsp3) is 0.600. The Morgan fingerprint density at radius 2 is 2.18 bits per heavy atom. The number of rotatable bonds is 3. The summed E-state index contributed by atoms with van der Waals surface area (Å²) in [4.78, 5) is 2.51. The molecule has 2 atom stereocenters. The SMILES string of the molecule is CCC1CC(N)CN(Cc2cccc(C)c2)C1. The summed E-state index contributed by atoms with van der Waals surface area (Å²) in [6.45, 7) is 7.72. The number of hydrogen-bond donors (Lipinski definition) is 1. The highest BCUT2D eigenvalue weighted by atomic mass is 15.1. The van der Waals surface area contributed by atoms with E-state index in [4.69, 9.17) is 5.73 Å². The van der Waals surface area contributed by atoms with E-state index < -0.39 is 0 Å². The highest BCUT2D eigenvalue weighted by molar-refractivity contribution is 5.22. The lowest BCUT2D eigenvalue weighted by molar-refractivity contribution is 0.147. The molecule has 1 fully saturated rings. The van der Waals surface area contributed by atoms with Crippen molar-refractivity contribution in [1.82, 2.24) is 4.90 Å². The van der Waals surface area contributed by atoms with Gasteiger partial charge in [0.1, 0.15) is 0 Å². The van der Waals surface area contributed by atoms with E-state index >= 15 is 0 Å². The van der Waals surface area contributed by atoms with Gasteiger partial charge in [0.25, 0.3) is 0 Å². The second-order valence-electron chi connectivity index (χ2n) is 5.45. The number of piperidine rings is 1. The van der Waals surface area contributed by atoms with Crippen LogP contribution in [-0.4, -0.2) is 24.0 Å². The van der Waals surface area contributed by atoms with Crippen molar-refractivity contribution in [3.63, 3.8) is 0 Å². The summed E-state index contributed by atoms with van der Waals surface area (Å²) in [5, 5.41) is 0. The number of aryl methyl sites for hydroxylation is 1. The molecule has 94 valence electrons. The van der Waals surface area contributed by atoms with Gasteiger partial charge in [0, 0.05) is 25.7 Å². The van der Waals surface area contributed by atoms with Crippen molar-refractivity contribution in [3.05, 3.63) is 35.4 Å². The summed E-state index contributed by atoms with van der Waals surface area (Å²) < 4.78 is 0. The zero-order valence-electron chi connectivity index (χ0n) is 11.0. The lowest BCUT2D eigenvalue weighted by Crippen LogP contribution is -2.46. The quantitative estimate of drug-likeness (QED) is 0.868.